The largest absolute Gasteiger partial charge is 0.506 e. The number of hydrogen-bond donors (Lipinski definition) is 2. The number of carbonyl (C=O) groups excluding carboxylic acids is 1. The lowest BCUT2D eigenvalue weighted by Gasteiger charge is -2.03. The number of nitrogens with one attached hydrogen (secondary N) is 1. The number of ether oxygens (including phenoxy) is 1. The summed E-state index contributed by atoms with van der Waals surface area (Å²) in [7, 11) is 1.58. The molecule has 20 heavy (non-hydrogen) atoms. The van der Waals surface area contributed by atoms with E-state index in [2.05, 4.69) is 5.32 Å². The van der Waals surface area contributed by atoms with Crippen LogP contribution in [-0.2, 0) is 0 Å². The van der Waals surface area contributed by atoms with Gasteiger partial charge in [0.25, 0.3) is 0 Å². The molecule has 0 unspecified atom stereocenters. The number of carbonyl (C=O) groups is 1. The molecule has 0 aromatic heterocycles. The number of para-hydroxylation sites is 2. The van der Waals surface area contributed by atoms with E-state index in [1.807, 2.05) is 0 Å². The van der Waals surface area contributed by atoms with Crippen molar-refractivity contribution < 1.29 is 14.6 Å². The molecule has 2 aromatic carbocycles. The third kappa shape index (κ3) is 3.38. The molecule has 0 aliphatic carbocycles. The van der Waals surface area contributed by atoms with Gasteiger partial charge in [-0.25, -0.2) is 0 Å². The molecular weight excluding hydrogens is 254 g/mol. The monoisotopic (exact) mass is 269 g/mol. The van der Waals surface area contributed by atoms with Crippen molar-refractivity contribution in [3.05, 3.63) is 66.4 Å². The van der Waals surface area contributed by atoms with E-state index in [0.717, 1.165) is 0 Å². The minimum atomic E-state index is -0.129. The molecule has 0 spiro atoms. The summed E-state index contributed by atoms with van der Waals surface area (Å²) >= 11 is 0. The van der Waals surface area contributed by atoms with Gasteiger partial charge in [0.15, 0.2) is 5.78 Å². The Morgan fingerprint density at radius 3 is 2.50 bits per heavy atom. The van der Waals surface area contributed by atoms with Crippen molar-refractivity contribution in [3.63, 3.8) is 0 Å². The van der Waals surface area contributed by atoms with Crippen molar-refractivity contribution in [1.29, 1.82) is 0 Å². The third-order valence-electron chi connectivity index (χ3n) is 2.75. The van der Waals surface area contributed by atoms with E-state index >= 15 is 0 Å². The lowest BCUT2D eigenvalue weighted by Crippen LogP contribution is -1.96. The fourth-order valence-electron chi connectivity index (χ4n) is 1.65. The van der Waals surface area contributed by atoms with Crippen LogP contribution in [0.25, 0.3) is 0 Å². The van der Waals surface area contributed by atoms with Gasteiger partial charge in [0.05, 0.1) is 12.8 Å². The first-order chi connectivity index (χ1) is 9.70. The zero-order chi connectivity index (χ0) is 14.4. The van der Waals surface area contributed by atoms with E-state index in [9.17, 15) is 9.90 Å². The number of methoxy groups -OCH3 is 1. The van der Waals surface area contributed by atoms with Gasteiger partial charge >= 0.3 is 0 Å². The molecule has 4 heteroatoms. The van der Waals surface area contributed by atoms with Crippen LogP contribution in [-0.4, -0.2) is 18.0 Å². The number of hydrogen-bond acceptors (Lipinski definition) is 4. The number of allylic oxidation sites excluding steroid dienone is 1. The van der Waals surface area contributed by atoms with Gasteiger partial charge in [0.2, 0.25) is 0 Å². The van der Waals surface area contributed by atoms with E-state index < -0.39 is 0 Å². The standard InChI is InChI=1S/C16H15NO3/c1-20-13-8-6-12(7-9-13)15(18)10-11-17-14-4-2-3-5-16(14)19/h2-11,17,19H,1H3. The highest BCUT2D eigenvalue weighted by Crippen LogP contribution is 2.21. The zero-order valence-electron chi connectivity index (χ0n) is 11.0. The maximum atomic E-state index is 11.9. The Bertz CT molecular complexity index is 618. The van der Waals surface area contributed by atoms with Gasteiger partial charge in [0.1, 0.15) is 11.5 Å². The van der Waals surface area contributed by atoms with Gasteiger partial charge < -0.3 is 15.2 Å². The van der Waals surface area contributed by atoms with Crippen molar-refractivity contribution in [2.45, 2.75) is 0 Å². The summed E-state index contributed by atoms with van der Waals surface area (Å²) in [6, 6.07) is 13.7. The number of ketones is 1. The Morgan fingerprint density at radius 1 is 1.15 bits per heavy atom. The molecule has 0 heterocycles. The molecule has 0 aliphatic heterocycles. The molecule has 0 radical (unpaired) electrons. The second kappa shape index (κ2) is 6.43. The van der Waals surface area contributed by atoms with Crippen molar-refractivity contribution in [2.75, 3.05) is 12.4 Å². The second-order valence-corrected chi connectivity index (χ2v) is 4.09. The van der Waals surface area contributed by atoms with Gasteiger partial charge in [-0.1, -0.05) is 12.1 Å². The summed E-state index contributed by atoms with van der Waals surface area (Å²) in [6.45, 7) is 0. The van der Waals surface area contributed by atoms with Crippen LogP contribution >= 0.6 is 0 Å². The Morgan fingerprint density at radius 2 is 1.85 bits per heavy atom. The topological polar surface area (TPSA) is 58.6 Å². The number of phenolic OH excluding ortho intramolecular Hbond substituents is 1. The first kappa shape index (κ1) is 13.7. The van der Waals surface area contributed by atoms with Gasteiger partial charge in [-0.15, -0.1) is 0 Å². The van der Waals surface area contributed by atoms with Crippen LogP contribution in [0.2, 0.25) is 0 Å². The number of rotatable bonds is 5. The van der Waals surface area contributed by atoms with E-state index in [0.29, 0.717) is 17.0 Å². The highest BCUT2D eigenvalue weighted by Gasteiger charge is 2.02. The van der Waals surface area contributed by atoms with Crippen LogP contribution in [0.3, 0.4) is 0 Å². The maximum Gasteiger partial charge on any atom is 0.187 e. The van der Waals surface area contributed by atoms with Crippen LogP contribution in [0.1, 0.15) is 10.4 Å². The van der Waals surface area contributed by atoms with Gasteiger partial charge in [-0.3, -0.25) is 4.79 Å². The average Bonchev–Trinajstić information content (AvgIpc) is 2.49. The molecular formula is C16H15NO3. The summed E-state index contributed by atoms with van der Waals surface area (Å²) in [4.78, 5) is 11.9. The minimum Gasteiger partial charge on any atom is -0.506 e. The van der Waals surface area contributed by atoms with Crippen LogP contribution in [0.4, 0.5) is 5.69 Å². The number of benzene rings is 2. The van der Waals surface area contributed by atoms with E-state index in [1.54, 1.807) is 55.6 Å². The van der Waals surface area contributed by atoms with Crippen molar-refractivity contribution in [2.24, 2.45) is 0 Å². The highest BCUT2D eigenvalue weighted by atomic mass is 16.5. The first-order valence-electron chi connectivity index (χ1n) is 6.10. The van der Waals surface area contributed by atoms with Gasteiger partial charge in [-0.2, -0.15) is 0 Å². The smallest absolute Gasteiger partial charge is 0.187 e. The van der Waals surface area contributed by atoms with Crippen molar-refractivity contribution >= 4 is 11.5 Å². The van der Waals surface area contributed by atoms with Crippen molar-refractivity contribution in [1.82, 2.24) is 0 Å². The van der Waals surface area contributed by atoms with E-state index in [4.69, 9.17) is 4.74 Å². The third-order valence-corrected chi connectivity index (χ3v) is 2.75. The van der Waals surface area contributed by atoms with Crippen LogP contribution in [0, 0.1) is 0 Å². The summed E-state index contributed by atoms with van der Waals surface area (Å²) in [5, 5.41) is 12.4. The van der Waals surface area contributed by atoms with E-state index in [-0.39, 0.29) is 11.5 Å². The lowest BCUT2D eigenvalue weighted by molar-refractivity contribution is 0.104. The van der Waals surface area contributed by atoms with Crippen molar-refractivity contribution in [3.8, 4) is 11.5 Å². The molecule has 0 atom stereocenters. The highest BCUT2D eigenvalue weighted by molar-refractivity contribution is 6.04. The summed E-state index contributed by atoms with van der Waals surface area (Å²) in [5.74, 6) is 0.711. The Balaban J connectivity index is 2.00. The average molecular weight is 269 g/mol. The zero-order valence-corrected chi connectivity index (χ0v) is 11.0. The molecule has 2 aromatic rings. The number of aromatic hydroxyl groups is 1. The molecule has 102 valence electrons. The molecule has 2 rings (SSSR count). The second-order valence-electron chi connectivity index (χ2n) is 4.09. The molecule has 0 amide bonds. The first-order valence-corrected chi connectivity index (χ1v) is 6.10. The summed E-state index contributed by atoms with van der Waals surface area (Å²) < 4.78 is 5.03. The van der Waals surface area contributed by atoms with Crippen LogP contribution in [0.15, 0.2) is 60.8 Å². The molecule has 0 bridgehead atoms. The van der Waals surface area contributed by atoms with Crippen LogP contribution < -0.4 is 10.1 Å². The minimum absolute atomic E-state index is 0.129. The fourth-order valence-corrected chi connectivity index (χ4v) is 1.65. The SMILES string of the molecule is COc1ccc(C(=O)C=CNc2ccccc2O)cc1. The Labute approximate surface area is 117 Å². The van der Waals surface area contributed by atoms with Gasteiger partial charge in [-0.05, 0) is 36.4 Å². The lowest BCUT2D eigenvalue weighted by atomic mass is 10.1. The molecule has 0 fully saturated rings. The quantitative estimate of drug-likeness (QED) is 0.497. The fraction of sp³-hybridized carbons (Fsp3) is 0.0625. The van der Waals surface area contributed by atoms with Gasteiger partial charge in [0, 0.05) is 17.8 Å². The molecule has 0 aliphatic rings. The van der Waals surface area contributed by atoms with Crippen LogP contribution in [0.5, 0.6) is 11.5 Å². The molecule has 0 saturated carbocycles. The molecule has 0 saturated heterocycles. The van der Waals surface area contributed by atoms with E-state index in [1.165, 1.54) is 12.3 Å². The Kier molecular flexibility index (Phi) is 4.39. The maximum absolute atomic E-state index is 11.9. The number of phenols is 1. The molecule has 4 nitrogen and oxygen atoms in total. The predicted octanol–water partition coefficient (Wildman–Crippen LogP) is 3.21. The number of anilines is 1. The summed E-state index contributed by atoms with van der Waals surface area (Å²) in [6.07, 6.45) is 2.91. The molecule has 2 N–H and O–H groups in total. The summed E-state index contributed by atoms with van der Waals surface area (Å²) in [5.41, 5.74) is 1.12. The Hall–Kier alpha value is -2.75. The normalized spacial score (nSPS) is 10.4. The predicted molar refractivity (Wildman–Crippen MR) is 78.2 cm³/mol.